The van der Waals surface area contributed by atoms with E-state index in [-0.39, 0.29) is 12.2 Å². The molecule has 0 amide bonds. The van der Waals surface area contributed by atoms with Crippen molar-refractivity contribution >= 4 is 0 Å². The van der Waals surface area contributed by atoms with Gasteiger partial charge in [-0.05, 0) is 37.0 Å². The highest BCUT2D eigenvalue weighted by Gasteiger charge is 2.24. The van der Waals surface area contributed by atoms with E-state index in [0.29, 0.717) is 6.42 Å². The fraction of sp³-hybridized carbons (Fsp3) is 0.500. The first kappa shape index (κ1) is 11.9. The van der Waals surface area contributed by atoms with Crippen LogP contribution in [0.5, 0.6) is 5.75 Å². The summed E-state index contributed by atoms with van der Waals surface area (Å²) in [6.45, 7) is 0. The van der Waals surface area contributed by atoms with Gasteiger partial charge in [0.2, 0.25) is 0 Å². The van der Waals surface area contributed by atoms with Crippen LogP contribution >= 0.6 is 0 Å². The zero-order valence-electron chi connectivity index (χ0n) is 9.80. The minimum absolute atomic E-state index is 0.0782. The second-order valence-corrected chi connectivity index (χ2v) is 4.49. The highest BCUT2D eigenvalue weighted by molar-refractivity contribution is 5.29. The van der Waals surface area contributed by atoms with Gasteiger partial charge in [-0.15, -0.1) is 0 Å². The predicted molar refractivity (Wildman–Crippen MR) is 64.6 cm³/mol. The Balaban J connectivity index is 1.96. The molecule has 0 radical (unpaired) electrons. The summed E-state index contributed by atoms with van der Waals surface area (Å²) in [7, 11) is 0. The number of nitriles is 1. The van der Waals surface area contributed by atoms with Crippen LogP contribution in [-0.2, 0) is 6.42 Å². The zero-order valence-corrected chi connectivity index (χ0v) is 9.80. The molecule has 0 aromatic heterocycles. The van der Waals surface area contributed by atoms with Gasteiger partial charge in [-0.2, -0.15) is 5.26 Å². The molecule has 0 aliphatic heterocycles. The summed E-state index contributed by atoms with van der Waals surface area (Å²) >= 11 is 0. The molecule has 1 aromatic carbocycles. The fourth-order valence-electron chi connectivity index (χ4n) is 2.17. The van der Waals surface area contributed by atoms with Crippen molar-refractivity contribution in [3.05, 3.63) is 29.8 Å². The van der Waals surface area contributed by atoms with E-state index in [1.165, 1.54) is 0 Å². The van der Waals surface area contributed by atoms with E-state index in [1.807, 2.05) is 24.3 Å². The second kappa shape index (κ2) is 5.70. The maximum absolute atomic E-state index is 9.80. The molecule has 1 N–H and O–H groups in total. The largest absolute Gasteiger partial charge is 0.488 e. The van der Waals surface area contributed by atoms with Gasteiger partial charge in [0.1, 0.15) is 11.9 Å². The minimum Gasteiger partial charge on any atom is -0.488 e. The minimum atomic E-state index is -0.345. The molecule has 1 aliphatic rings. The van der Waals surface area contributed by atoms with E-state index in [4.69, 9.17) is 10.00 Å². The lowest BCUT2D eigenvalue weighted by Gasteiger charge is -2.28. The van der Waals surface area contributed by atoms with Crippen molar-refractivity contribution < 1.29 is 9.84 Å². The molecule has 90 valence electrons. The maximum atomic E-state index is 9.80. The lowest BCUT2D eigenvalue weighted by Crippen LogP contribution is -2.34. The maximum Gasteiger partial charge on any atom is 0.124 e. The van der Waals surface area contributed by atoms with E-state index >= 15 is 0 Å². The van der Waals surface area contributed by atoms with Gasteiger partial charge in [-0.25, -0.2) is 0 Å². The quantitative estimate of drug-likeness (QED) is 0.869. The molecule has 0 unspecified atom stereocenters. The van der Waals surface area contributed by atoms with Gasteiger partial charge in [0.25, 0.3) is 0 Å². The van der Waals surface area contributed by atoms with Crippen molar-refractivity contribution in [2.75, 3.05) is 0 Å². The number of benzene rings is 1. The highest BCUT2D eigenvalue weighted by Crippen LogP contribution is 2.24. The molecule has 3 nitrogen and oxygen atoms in total. The molecule has 3 heteroatoms. The van der Waals surface area contributed by atoms with E-state index < -0.39 is 0 Å². The molecule has 0 spiro atoms. The molecular formula is C14H17NO2. The van der Waals surface area contributed by atoms with Crippen LogP contribution in [0.2, 0.25) is 0 Å². The molecule has 1 aliphatic carbocycles. The topological polar surface area (TPSA) is 53.2 Å². The Bertz CT molecular complexity index is 394. The molecule has 17 heavy (non-hydrogen) atoms. The summed E-state index contributed by atoms with van der Waals surface area (Å²) in [6.07, 6.45) is 3.95. The van der Waals surface area contributed by atoms with Crippen molar-refractivity contribution in [2.45, 2.75) is 44.3 Å². The Morgan fingerprint density at radius 1 is 1.24 bits per heavy atom. The van der Waals surface area contributed by atoms with Crippen LogP contribution < -0.4 is 4.74 Å². The second-order valence-electron chi connectivity index (χ2n) is 4.49. The first-order valence-electron chi connectivity index (χ1n) is 6.10. The van der Waals surface area contributed by atoms with E-state index in [1.54, 1.807) is 0 Å². The van der Waals surface area contributed by atoms with Gasteiger partial charge < -0.3 is 9.84 Å². The van der Waals surface area contributed by atoms with Gasteiger partial charge in [-0.3, -0.25) is 0 Å². The van der Waals surface area contributed by atoms with Crippen LogP contribution in [0.3, 0.4) is 0 Å². The summed E-state index contributed by atoms with van der Waals surface area (Å²) in [5, 5.41) is 18.4. The van der Waals surface area contributed by atoms with Gasteiger partial charge in [0.15, 0.2) is 0 Å². The third-order valence-corrected chi connectivity index (χ3v) is 3.16. The Hall–Kier alpha value is -1.53. The van der Waals surface area contributed by atoms with E-state index in [2.05, 4.69) is 6.07 Å². The number of hydrogen-bond acceptors (Lipinski definition) is 3. The summed E-state index contributed by atoms with van der Waals surface area (Å²) in [5.74, 6) is 0.776. The Morgan fingerprint density at radius 2 is 1.94 bits per heavy atom. The number of nitrogens with zero attached hydrogens (tertiary/aromatic N) is 1. The standard InChI is InChI=1S/C14H17NO2/c15-10-9-11-5-7-12(8-6-11)17-14-4-2-1-3-13(14)16/h5-8,13-14,16H,1-4,9H2/t13-,14-/m1/s1. The summed E-state index contributed by atoms with van der Waals surface area (Å²) in [6, 6.07) is 9.64. The number of aliphatic hydroxyl groups excluding tert-OH is 1. The first-order valence-corrected chi connectivity index (χ1v) is 6.10. The first-order chi connectivity index (χ1) is 8.29. The third kappa shape index (κ3) is 3.21. The SMILES string of the molecule is N#CCc1ccc(O[C@@H]2CCCC[C@H]2O)cc1. The van der Waals surface area contributed by atoms with Gasteiger partial charge in [0, 0.05) is 0 Å². The lowest BCUT2D eigenvalue weighted by atomic mass is 9.95. The smallest absolute Gasteiger partial charge is 0.124 e. The van der Waals surface area contributed by atoms with Crippen molar-refractivity contribution in [3.8, 4) is 11.8 Å². The number of rotatable bonds is 3. The highest BCUT2D eigenvalue weighted by atomic mass is 16.5. The number of aliphatic hydroxyl groups is 1. The van der Waals surface area contributed by atoms with Crippen molar-refractivity contribution in [1.82, 2.24) is 0 Å². The summed E-state index contributed by atoms with van der Waals surface area (Å²) in [4.78, 5) is 0. The van der Waals surface area contributed by atoms with Crippen molar-refractivity contribution in [3.63, 3.8) is 0 Å². The molecule has 1 saturated carbocycles. The van der Waals surface area contributed by atoms with Gasteiger partial charge >= 0.3 is 0 Å². The molecule has 0 heterocycles. The monoisotopic (exact) mass is 231 g/mol. The van der Waals surface area contributed by atoms with Crippen LogP contribution in [-0.4, -0.2) is 17.3 Å². The van der Waals surface area contributed by atoms with Crippen LogP contribution in [0, 0.1) is 11.3 Å². The van der Waals surface area contributed by atoms with Crippen molar-refractivity contribution in [2.24, 2.45) is 0 Å². The lowest BCUT2D eigenvalue weighted by molar-refractivity contribution is 0.00687. The van der Waals surface area contributed by atoms with E-state index in [9.17, 15) is 5.11 Å². The Kier molecular flexibility index (Phi) is 4.00. The summed E-state index contributed by atoms with van der Waals surface area (Å²) < 4.78 is 5.77. The Labute approximate surface area is 102 Å². The molecule has 1 aromatic rings. The van der Waals surface area contributed by atoms with E-state index in [0.717, 1.165) is 37.0 Å². The molecular weight excluding hydrogens is 214 g/mol. The number of ether oxygens (including phenoxy) is 1. The molecule has 0 saturated heterocycles. The number of hydrogen-bond donors (Lipinski definition) is 1. The fourth-order valence-corrected chi connectivity index (χ4v) is 2.17. The van der Waals surface area contributed by atoms with Gasteiger partial charge in [0.05, 0.1) is 18.6 Å². The summed E-state index contributed by atoms with van der Waals surface area (Å²) in [5.41, 5.74) is 0.990. The molecule has 2 atom stereocenters. The average Bonchev–Trinajstić information content (AvgIpc) is 2.35. The van der Waals surface area contributed by atoms with Crippen molar-refractivity contribution in [1.29, 1.82) is 5.26 Å². The molecule has 2 rings (SSSR count). The Morgan fingerprint density at radius 3 is 2.59 bits per heavy atom. The third-order valence-electron chi connectivity index (χ3n) is 3.16. The molecule has 0 bridgehead atoms. The zero-order chi connectivity index (χ0) is 12.1. The van der Waals surface area contributed by atoms with Crippen LogP contribution in [0.4, 0.5) is 0 Å². The van der Waals surface area contributed by atoms with Crippen LogP contribution in [0.25, 0.3) is 0 Å². The average molecular weight is 231 g/mol. The normalized spacial score (nSPS) is 24.0. The molecule has 1 fully saturated rings. The van der Waals surface area contributed by atoms with Crippen LogP contribution in [0.15, 0.2) is 24.3 Å². The predicted octanol–water partition coefficient (Wildman–Crippen LogP) is 2.43. The van der Waals surface area contributed by atoms with Gasteiger partial charge in [-0.1, -0.05) is 18.6 Å². The van der Waals surface area contributed by atoms with Crippen LogP contribution in [0.1, 0.15) is 31.2 Å².